The van der Waals surface area contributed by atoms with E-state index in [9.17, 15) is 0 Å². The summed E-state index contributed by atoms with van der Waals surface area (Å²) in [4.78, 5) is 0. The fraction of sp³-hybridized carbons (Fsp3) is 0.444. The molecular formula is C9H14Cl2N+. The van der Waals surface area contributed by atoms with E-state index < -0.39 is 0 Å². The molecule has 1 heterocycles. The summed E-state index contributed by atoms with van der Waals surface area (Å²) in [5.41, 5.74) is 0.0167. The second-order valence-electron chi connectivity index (χ2n) is 3.23. The molecule has 12 heavy (non-hydrogen) atoms. The molecule has 0 aromatic carbocycles. The molecule has 0 saturated heterocycles. The molecule has 3 heteroatoms. The van der Waals surface area contributed by atoms with Crippen molar-refractivity contribution in [3.8, 4) is 0 Å². The molecule has 0 radical (unpaired) electrons. The Balaban J connectivity index is 0.00000121. The van der Waals surface area contributed by atoms with Crippen LogP contribution < -0.4 is 4.57 Å². The number of pyridine rings is 1. The van der Waals surface area contributed by atoms with Crippen molar-refractivity contribution in [1.29, 1.82) is 0 Å². The van der Waals surface area contributed by atoms with Crippen LogP contribution in [0.3, 0.4) is 0 Å². The molecule has 0 atom stereocenters. The second kappa shape index (κ2) is 4.68. The van der Waals surface area contributed by atoms with E-state index in [0.717, 1.165) is 0 Å². The fourth-order valence-corrected chi connectivity index (χ4v) is 1.01. The molecule has 0 aliphatic carbocycles. The van der Waals surface area contributed by atoms with Gasteiger partial charge in [0.25, 0.3) is 0 Å². The Morgan fingerprint density at radius 3 is 2.08 bits per heavy atom. The largest absolute Gasteiger partial charge is 0.199 e. The maximum absolute atomic E-state index is 5.81. The molecule has 0 fully saturated rings. The molecule has 0 aliphatic heterocycles. The van der Waals surface area contributed by atoms with Crippen molar-refractivity contribution < 1.29 is 4.57 Å². The van der Waals surface area contributed by atoms with Gasteiger partial charge in [-0.15, -0.1) is 24.0 Å². The van der Waals surface area contributed by atoms with Gasteiger partial charge in [0.1, 0.15) is 0 Å². The van der Waals surface area contributed by atoms with E-state index in [0.29, 0.717) is 5.88 Å². The van der Waals surface area contributed by atoms with Crippen molar-refractivity contribution in [2.24, 2.45) is 0 Å². The first-order valence-electron chi connectivity index (χ1n) is 3.69. The maximum Gasteiger partial charge on any atom is 0.175 e. The molecular weight excluding hydrogens is 193 g/mol. The lowest BCUT2D eigenvalue weighted by atomic mass is 10.1. The van der Waals surface area contributed by atoms with E-state index in [1.165, 1.54) is 0 Å². The van der Waals surface area contributed by atoms with Crippen molar-refractivity contribution >= 4 is 24.0 Å². The van der Waals surface area contributed by atoms with E-state index in [1.54, 1.807) is 0 Å². The number of hydrogen-bond acceptors (Lipinski definition) is 0. The Labute approximate surface area is 84.8 Å². The SMILES string of the molecule is CC(C)(CCl)[n+]1ccccc1.Cl. The summed E-state index contributed by atoms with van der Waals surface area (Å²) >= 11 is 5.81. The lowest BCUT2D eigenvalue weighted by molar-refractivity contribution is -0.752. The van der Waals surface area contributed by atoms with Gasteiger partial charge in [0, 0.05) is 26.0 Å². The van der Waals surface area contributed by atoms with Gasteiger partial charge in [-0.05, 0) is 0 Å². The molecule has 68 valence electrons. The van der Waals surface area contributed by atoms with Crippen LogP contribution in [-0.4, -0.2) is 5.88 Å². The van der Waals surface area contributed by atoms with Crippen molar-refractivity contribution in [2.45, 2.75) is 19.4 Å². The molecule has 1 aromatic rings. The van der Waals surface area contributed by atoms with Crippen molar-refractivity contribution in [3.63, 3.8) is 0 Å². The number of alkyl halides is 1. The Hall–Kier alpha value is -0.270. The van der Waals surface area contributed by atoms with Gasteiger partial charge in [-0.25, -0.2) is 0 Å². The highest BCUT2D eigenvalue weighted by molar-refractivity contribution is 6.18. The fourth-order valence-electron chi connectivity index (χ4n) is 0.871. The number of hydrogen-bond donors (Lipinski definition) is 0. The van der Waals surface area contributed by atoms with E-state index >= 15 is 0 Å². The van der Waals surface area contributed by atoms with Gasteiger partial charge in [0.2, 0.25) is 0 Å². The quantitative estimate of drug-likeness (QED) is 0.517. The lowest BCUT2D eigenvalue weighted by Gasteiger charge is -2.14. The first kappa shape index (κ1) is 11.7. The van der Waals surface area contributed by atoms with Crippen LogP contribution in [0.5, 0.6) is 0 Å². The van der Waals surface area contributed by atoms with E-state index in [-0.39, 0.29) is 17.9 Å². The van der Waals surface area contributed by atoms with Gasteiger partial charge >= 0.3 is 0 Å². The zero-order chi connectivity index (χ0) is 8.32. The highest BCUT2D eigenvalue weighted by atomic mass is 35.5. The molecule has 0 unspecified atom stereocenters. The van der Waals surface area contributed by atoms with Crippen LogP contribution in [0.1, 0.15) is 13.8 Å². The van der Waals surface area contributed by atoms with Crippen LogP contribution in [-0.2, 0) is 5.54 Å². The molecule has 1 rings (SSSR count). The first-order valence-corrected chi connectivity index (χ1v) is 4.23. The molecule has 0 amide bonds. The minimum Gasteiger partial charge on any atom is -0.199 e. The van der Waals surface area contributed by atoms with Gasteiger partial charge in [0.15, 0.2) is 17.9 Å². The maximum atomic E-state index is 5.81. The number of rotatable bonds is 2. The predicted molar refractivity (Wildman–Crippen MR) is 53.9 cm³/mol. The molecule has 1 aromatic heterocycles. The minimum atomic E-state index is 0. The standard InChI is InChI=1S/C9H13ClN.ClH/c1-9(2,8-10)11-6-4-3-5-7-11;/h3-7H,8H2,1-2H3;1H/q+1;. The van der Waals surface area contributed by atoms with Gasteiger partial charge in [0.05, 0.1) is 5.88 Å². The Morgan fingerprint density at radius 2 is 1.67 bits per heavy atom. The zero-order valence-electron chi connectivity index (χ0n) is 7.33. The minimum absolute atomic E-state index is 0. The van der Waals surface area contributed by atoms with E-state index in [2.05, 4.69) is 18.4 Å². The van der Waals surface area contributed by atoms with E-state index in [1.807, 2.05) is 30.6 Å². The molecule has 0 aliphatic rings. The van der Waals surface area contributed by atoms with Crippen LogP contribution >= 0.6 is 24.0 Å². The first-order chi connectivity index (χ1) is 5.17. The molecule has 0 bridgehead atoms. The Kier molecular flexibility index (Phi) is 4.58. The number of nitrogens with zero attached hydrogens (tertiary/aromatic N) is 1. The highest BCUT2D eigenvalue weighted by Crippen LogP contribution is 2.06. The molecule has 0 N–H and O–H groups in total. The monoisotopic (exact) mass is 206 g/mol. The average Bonchev–Trinajstić information content (AvgIpc) is 2.06. The van der Waals surface area contributed by atoms with Crippen molar-refractivity contribution in [2.75, 3.05) is 5.88 Å². The number of aromatic nitrogens is 1. The normalized spacial score (nSPS) is 10.6. The van der Waals surface area contributed by atoms with Crippen LogP contribution in [0.2, 0.25) is 0 Å². The summed E-state index contributed by atoms with van der Waals surface area (Å²) in [6.45, 7) is 4.22. The Morgan fingerprint density at radius 1 is 1.17 bits per heavy atom. The van der Waals surface area contributed by atoms with E-state index in [4.69, 9.17) is 11.6 Å². The summed E-state index contributed by atoms with van der Waals surface area (Å²) in [6.07, 6.45) is 4.06. The topological polar surface area (TPSA) is 3.88 Å². The zero-order valence-corrected chi connectivity index (χ0v) is 8.90. The van der Waals surface area contributed by atoms with Gasteiger partial charge in [-0.3, -0.25) is 0 Å². The van der Waals surface area contributed by atoms with Crippen LogP contribution in [0, 0.1) is 0 Å². The summed E-state index contributed by atoms with van der Waals surface area (Å²) in [5, 5.41) is 0. The van der Waals surface area contributed by atoms with Crippen LogP contribution in [0.4, 0.5) is 0 Å². The summed E-state index contributed by atoms with van der Waals surface area (Å²) in [5.74, 6) is 0.627. The predicted octanol–water partition coefficient (Wildman–Crippen LogP) is 2.37. The smallest absolute Gasteiger partial charge is 0.175 e. The second-order valence-corrected chi connectivity index (χ2v) is 3.50. The van der Waals surface area contributed by atoms with Gasteiger partial charge < -0.3 is 0 Å². The summed E-state index contributed by atoms with van der Waals surface area (Å²) in [7, 11) is 0. The van der Waals surface area contributed by atoms with Crippen molar-refractivity contribution in [1.82, 2.24) is 0 Å². The van der Waals surface area contributed by atoms with Crippen LogP contribution in [0.25, 0.3) is 0 Å². The third kappa shape index (κ3) is 2.65. The van der Waals surface area contributed by atoms with Crippen molar-refractivity contribution in [3.05, 3.63) is 30.6 Å². The molecule has 0 saturated carbocycles. The summed E-state index contributed by atoms with van der Waals surface area (Å²) < 4.78 is 2.11. The molecule has 1 nitrogen and oxygen atoms in total. The summed E-state index contributed by atoms with van der Waals surface area (Å²) in [6, 6.07) is 6.02. The Bertz CT molecular complexity index is 221. The molecule has 0 spiro atoms. The third-order valence-electron chi connectivity index (χ3n) is 1.74. The van der Waals surface area contributed by atoms with Gasteiger partial charge in [-0.2, -0.15) is 4.57 Å². The lowest BCUT2D eigenvalue weighted by Crippen LogP contribution is -2.52. The average molecular weight is 207 g/mol. The number of halogens is 2. The van der Waals surface area contributed by atoms with Gasteiger partial charge in [-0.1, -0.05) is 6.07 Å². The third-order valence-corrected chi connectivity index (χ3v) is 2.40. The van der Waals surface area contributed by atoms with Crippen LogP contribution in [0.15, 0.2) is 30.6 Å². The highest BCUT2D eigenvalue weighted by Gasteiger charge is 2.25.